The highest BCUT2D eigenvalue weighted by molar-refractivity contribution is 5.95. The van der Waals surface area contributed by atoms with Gasteiger partial charge in [-0.3, -0.25) is 10.2 Å². The van der Waals surface area contributed by atoms with Crippen molar-refractivity contribution < 1.29 is 9.59 Å². The first kappa shape index (κ1) is 11.0. The minimum absolute atomic E-state index is 0.392. The topological polar surface area (TPSA) is 84.2 Å². The Morgan fingerprint density at radius 2 is 1.80 bits per heavy atom. The smallest absolute Gasteiger partial charge is 0.330 e. The molecule has 0 aliphatic rings. The van der Waals surface area contributed by atoms with Crippen molar-refractivity contribution in [3.05, 3.63) is 34.9 Å². The van der Waals surface area contributed by atoms with Crippen LogP contribution in [0.3, 0.4) is 0 Å². The summed E-state index contributed by atoms with van der Waals surface area (Å²) in [6, 6.07) is 4.47. The van der Waals surface area contributed by atoms with E-state index in [1.54, 1.807) is 12.1 Å². The molecule has 0 aliphatic heterocycles. The van der Waals surface area contributed by atoms with Crippen LogP contribution in [0.4, 0.5) is 4.79 Å². The van der Waals surface area contributed by atoms with E-state index in [9.17, 15) is 9.59 Å². The summed E-state index contributed by atoms with van der Waals surface area (Å²) in [7, 11) is 0. The first-order valence-corrected chi connectivity index (χ1v) is 4.43. The molecular formula is C10H13N3O2. The molecule has 0 radical (unpaired) electrons. The van der Waals surface area contributed by atoms with Gasteiger partial charge in [0.05, 0.1) is 0 Å². The molecule has 0 saturated carbocycles. The third-order valence-corrected chi connectivity index (χ3v) is 2.07. The Morgan fingerprint density at radius 3 is 2.33 bits per heavy atom. The predicted molar refractivity (Wildman–Crippen MR) is 56.1 cm³/mol. The summed E-state index contributed by atoms with van der Waals surface area (Å²) in [5.74, 6) is -0.392. The van der Waals surface area contributed by atoms with E-state index in [0.717, 1.165) is 11.1 Å². The van der Waals surface area contributed by atoms with Crippen LogP contribution < -0.4 is 16.6 Å². The first-order valence-electron chi connectivity index (χ1n) is 4.43. The molecule has 5 nitrogen and oxygen atoms in total. The molecule has 15 heavy (non-hydrogen) atoms. The molecule has 4 N–H and O–H groups in total. The third kappa shape index (κ3) is 2.98. The fourth-order valence-corrected chi connectivity index (χ4v) is 1.07. The van der Waals surface area contributed by atoms with Gasteiger partial charge in [0.2, 0.25) is 0 Å². The molecule has 0 aliphatic carbocycles. The second-order valence-electron chi connectivity index (χ2n) is 3.24. The zero-order valence-electron chi connectivity index (χ0n) is 8.63. The Labute approximate surface area is 87.6 Å². The lowest BCUT2D eigenvalue weighted by Crippen LogP contribution is -2.44. The normalized spacial score (nSPS) is 9.47. The molecule has 0 fully saturated rings. The van der Waals surface area contributed by atoms with Gasteiger partial charge in [-0.25, -0.2) is 10.2 Å². The highest BCUT2D eigenvalue weighted by Crippen LogP contribution is 2.09. The quantitative estimate of drug-likeness (QED) is 0.590. The van der Waals surface area contributed by atoms with Gasteiger partial charge in [0.15, 0.2) is 0 Å². The van der Waals surface area contributed by atoms with Crippen LogP contribution in [0.25, 0.3) is 0 Å². The first-order chi connectivity index (χ1) is 7.00. The number of hydrogen-bond acceptors (Lipinski definition) is 2. The number of urea groups is 1. The van der Waals surface area contributed by atoms with Gasteiger partial charge in [0.1, 0.15) is 0 Å². The molecule has 0 aromatic heterocycles. The van der Waals surface area contributed by atoms with Crippen LogP contribution in [0, 0.1) is 13.8 Å². The van der Waals surface area contributed by atoms with Crippen LogP contribution >= 0.6 is 0 Å². The fourth-order valence-electron chi connectivity index (χ4n) is 1.07. The lowest BCUT2D eigenvalue weighted by atomic mass is 10.1. The molecule has 5 heteroatoms. The van der Waals surface area contributed by atoms with Crippen molar-refractivity contribution in [2.45, 2.75) is 13.8 Å². The van der Waals surface area contributed by atoms with Crippen molar-refractivity contribution >= 4 is 11.9 Å². The molecule has 1 aromatic carbocycles. The van der Waals surface area contributed by atoms with Crippen LogP contribution in [0.5, 0.6) is 0 Å². The number of nitrogens with one attached hydrogen (secondary N) is 2. The highest BCUT2D eigenvalue weighted by atomic mass is 16.2. The Morgan fingerprint density at radius 1 is 1.13 bits per heavy atom. The van der Waals surface area contributed by atoms with Crippen molar-refractivity contribution in [3.63, 3.8) is 0 Å². The third-order valence-electron chi connectivity index (χ3n) is 2.07. The molecule has 0 heterocycles. The Hall–Kier alpha value is -2.04. The number of benzene rings is 1. The number of primary amides is 1. The predicted octanol–water partition coefficient (Wildman–Crippen LogP) is 0.617. The zero-order chi connectivity index (χ0) is 11.4. The second-order valence-corrected chi connectivity index (χ2v) is 3.24. The van der Waals surface area contributed by atoms with Gasteiger partial charge in [-0.05, 0) is 37.1 Å². The summed E-state index contributed by atoms with van der Waals surface area (Å²) in [5.41, 5.74) is 11.6. The Kier molecular flexibility index (Phi) is 3.28. The van der Waals surface area contributed by atoms with E-state index in [1.165, 1.54) is 0 Å². The maximum Gasteiger partial charge on any atom is 0.330 e. The average Bonchev–Trinajstić information content (AvgIpc) is 2.18. The van der Waals surface area contributed by atoms with E-state index in [2.05, 4.69) is 5.43 Å². The van der Waals surface area contributed by atoms with Crippen molar-refractivity contribution in [3.8, 4) is 0 Å². The van der Waals surface area contributed by atoms with Crippen molar-refractivity contribution in [2.75, 3.05) is 0 Å². The summed E-state index contributed by atoms with van der Waals surface area (Å²) in [6.45, 7) is 3.87. The van der Waals surface area contributed by atoms with Gasteiger partial charge in [0, 0.05) is 5.56 Å². The number of amides is 3. The van der Waals surface area contributed by atoms with Gasteiger partial charge in [0.25, 0.3) is 5.91 Å². The van der Waals surface area contributed by atoms with Crippen LogP contribution in [0.2, 0.25) is 0 Å². The van der Waals surface area contributed by atoms with Crippen LogP contribution in [0.1, 0.15) is 21.5 Å². The second kappa shape index (κ2) is 4.45. The maximum atomic E-state index is 11.4. The van der Waals surface area contributed by atoms with E-state index in [4.69, 9.17) is 5.73 Å². The van der Waals surface area contributed by atoms with Gasteiger partial charge in [-0.2, -0.15) is 0 Å². The number of nitrogens with two attached hydrogens (primary N) is 1. The maximum absolute atomic E-state index is 11.4. The van der Waals surface area contributed by atoms with Crippen LogP contribution in [0.15, 0.2) is 18.2 Å². The number of rotatable bonds is 1. The van der Waals surface area contributed by atoms with E-state index in [1.807, 2.05) is 25.3 Å². The summed E-state index contributed by atoms with van der Waals surface area (Å²) in [5, 5.41) is 0. The largest absolute Gasteiger partial charge is 0.350 e. The minimum atomic E-state index is -0.799. The molecule has 80 valence electrons. The lowest BCUT2D eigenvalue weighted by molar-refractivity contribution is 0.0937. The lowest BCUT2D eigenvalue weighted by Gasteiger charge is -2.06. The van der Waals surface area contributed by atoms with E-state index >= 15 is 0 Å². The molecule has 1 aromatic rings. The van der Waals surface area contributed by atoms with Crippen LogP contribution in [-0.4, -0.2) is 11.9 Å². The molecular weight excluding hydrogens is 194 g/mol. The van der Waals surface area contributed by atoms with E-state index in [-0.39, 0.29) is 0 Å². The Bertz CT molecular complexity index is 402. The molecule has 3 amide bonds. The number of carbonyl (C=O) groups excluding carboxylic acids is 2. The van der Waals surface area contributed by atoms with E-state index < -0.39 is 11.9 Å². The van der Waals surface area contributed by atoms with Gasteiger partial charge in [-0.15, -0.1) is 0 Å². The summed E-state index contributed by atoms with van der Waals surface area (Å²) >= 11 is 0. The number of hydrazine groups is 1. The molecule has 0 bridgehead atoms. The number of aryl methyl sites for hydroxylation is 2. The van der Waals surface area contributed by atoms with Crippen molar-refractivity contribution in [1.82, 2.24) is 10.9 Å². The monoisotopic (exact) mass is 207 g/mol. The SMILES string of the molecule is Cc1ccc(C(=O)NNC(N)=O)cc1C. The fraction of sp³-hybridized carbons (Fsp3) is 0.200. The summed E-state index contributed by atoms with van der Waals surface area (Å²) < 4.78 is 0. The molecule has 0 atom stereocenters. The molecule has 0 saturated heterocycles. The molecule has 0 unspecified atom stereocenters. The minimum Gasteiger partial charge on any atom is -0.350 e. The summed E-state index contributed by atoms with van der Waals surface area (Å²) in [6.07, 6.45) is 0. The summed E-state index contributed by atoms with van der Waals surface area (Å²) in [4.78, 5) is 21.8. The number of hydrogen-bond donors (Lipinski definition) is 3. The zero-order valence-corrected chi connectivity index (χ0v) is 8.63. The van der Waals surface area contributed by atoms with Gasteiger partial charge >= 0.3 is 6.03 Å². The van der Waals surface area contributed by atoms with E-state index in [0.29, 0.717) is 5.56 Å². The van der Waals surface area contributed by atoms with Crippen LogP contribution in [-0.2, 0) is 0 Å². The standard InChI is InChI=1S/C10H13N3O2/c1-6-3-4-8(5-7(6)2)9(14)12-13-10(11)15/h3-5H,1-2H3,(H,12,14)(H3,11,13,15). The Balaban J connectivity index is 2.74. The van der Waals surface area contributed by atoms with Crippen molar-refractivity contribution in [2.24, 2.45) is 5.73 Å². The average molecular weight is 207 g/mol. The van der Waals surface area contributed by atoms with Gasteiger partial charge < -0.3 is 5.73 Å². The number of carbonyl (C=O) groups is 2. The molecule has 1 rings (SSSR count). The van der Waals surface area contributed by atoms with Gasteiger partial charge in [-0.1, -0.05) is 6.07 Å². The highest BCUT2D eigenvalue weighted by Gasteiger charge is 2.06. The van der Waals surface area contributed by atoms with Crippen molar-refractivity contribution in [1.29, 1.82) is 0 Å². The molecule has 0 spiro atoms.